The average Bonchev–Trinajstić information content (AvgIpc) is 3.13. The molecule has 0 aromatic rings. The molecular weight excluding hydrogens is 452 g/mol. The number of rotatable bonds is 7. The van der Waals surface area contributed by atoms with Crippen molar-refractivity contribution in [1.82, 2.24) is 0 Å². The van der Waals surface area contributed by atoms with Gasteiger partial charge in [0.2, 0.25) is 0 Å². The third kappa shape index (κ3) is 5.97. The maximum absolute atomic E-state index is 11.3. The molecule has 0 unspecified atom stereocenters. The van der Waals surface area contributed by atoms with Gasteiger partial charge in [0, 0.05) is 5.92 Å². The molecule has 0 aromatic heterocycles. The van der Waals surface area contributed by atoms with Gasteiger partial charge in [-0.1, -0.05) is 41.2 Å². The van der Waals surface area contributed by atoms with Crippen LogP contribution in [0, 0.1) is 11.8 Å². The van der Waals surface area contributed by atoms with E-state index in [1.807, 2.05) is 27.7 Å². The molecule has 3 rings (SSSR count). The summed E-state index contributed by atoms with van der Waals surface area (Å²) in [5.74, 6) is -1.49. The molecule has 8 atom stereocenters. The minimum absolute atomic E-state index is 0.0205. The van der Waals surface area contributed by atoms with E-state index in [1.165, 1.54) is 0 Å². The van der Waals surface area contributed by atoms with E-state index in [9.17, 15) is 5.11 Å². The lowest BCUT2D eigenvalue weighted by molar-refractivity contribution is -0.336. The second-order valence-electron chi connectivity index (χ2n) is 12.9. The Kier molecular flexibility index (Phi) is 7.91. The smallest absolute Gasteiger partial charge is 0.192 e. The zero-order valence-corrected chi connectivity index (χ0v) is 24.1. The van der Waals surface area contributed by atoms with Crippen LogP contribution in [0.2, 0.25) is 18.1 Å². The van der Waals surface area contributed by atoms with Crippen molar-refractivity contribution in [1.29, 1.82) is 0 Å². The number of aliphatic hydroxyl groups excluding tert-OH is 1. The second kappa shape index (κ2) is 9.52. The quantitative estimate of drug-likeness (QED) is 0.390. The van der Waals surface area contributed by atoms with E-state index in [4.69, 9.17) is 28.1 Å². The molecule has 0 aromatic carbocycles. The maximum Gasteiger partial charge on any atom is 0.192 e. The van der Waals surface area contributed by atoms with Crippen LogP contribution in [0.5, 0.6) is 0 Å². The summed E-state index contributed by atoms with van der Waals surface area (Å²) in [6.07, 6.45) is -1.66. The SMILES string of the molecule is C=C1[C@H]2OC(C)(C)O[C@H]2O[C@@H]1[C@H](C)C[C@@H](O)[C@@H]1OC(C)(C)O[C@H](CO[Si](C)(C)C(C)(C)C)[C@H]1C. The van der Waals surface area contributed by atoms with Gasteiger partial charge in [-0.05, 0) is 63.7 Å². The molecule has 1 N–H and O–H groups in total. The Morgan fingerprint density at radius 2 is 1.65 bits per heavy atom. The predicted octanol–water partition coefficient (Wildman–Crippen LogP) is 4.98. The van der Waals surface area contributed by atoms with Gasteiger partial charge in [-0.2, -0.15) is 0 Å². The van der Waals surface area contributed by atoms with Crippen molar-refractivity contribution in [2.24, 2.45) is 11.8 Å². The molecule has 3 saturated heterocycles. The summed E-state index contributed by atoms with van der Waals surface area (Å²) in [6, 6.07) is 0. The number of ether oxygens (including phenoxy) is 5. The van der Waals surface area contributed by atoms with Gasteiger partial charge in [-0.25, -0.2) is 0 Å². The fourth-order valence-electron chi connectivity index (χ4n) is 4.88. The third-order valence-electron chi connectivity index (χ3n) is 7.95. The first kappa shape index (κ1) is 28.3. The first-order chi connectivity index (χ1) is 15.3. The molecule has 3 aliphatic heterocycles. The van der Waals surface area contributed by atoms with Crippen molar-refractivity contribution in [2.75, 3.05) is 6.61 Å². The van der Waals surface area contributed by atoms with Crippen LogP contribution in [0.25, 0.3) is 0 Å². The molecule has 0 spiro atoms. The summed E-state index contributed by atoms with van der Waals surface area (Å²) < 4.78 is 36.9. The Hall–Kier alpha value is -0.323. The Morgan fingerprint density at radius 1 is 1.06 bits per heavy atom. The molecule has 7 nitrogen and oxygen atoms in total. The van der Waals surface area contributed by atoms with Gasteiger partial charge in [0.1, 0.15) is 6.10 Å². The maximum atomic E-state index is 11.3. The monoisotopic (exact) mass is 500 g/mol. The van der Waals surface area contributed by atoms with Gasteiger partial charge in [0.25, 0.3) is 0 Å². The molecule has 3 aliphatic rings. The third-order valence-corrected chi connectivity index (χ3v) is 12.5. The highest BCUT2D eigenvalue weighted by molar-refractivity contribution is 6.74. The number of aliphatic hydroxyl groups is 1. The molecule has 0 bridgehead atoms. The molecule has 198 valence electrons. The van der Waals surface area contributed by atoms with Crippen LogP contribution < -0.4 is 0 Å². The summed E-state index contributed by atoms with van der Waals surface area (Å²) in [5.41, 5.74) is 0.872. The fourth-order valence-corrected chi connectivity index (χ4v) is 5.89. The summed E-state index contributed by atoms with van der Waals surface area (Å²) in [7, 11) is -1.92. The van der Waals surface area contributed by atoms with Crippen LogP contribution in [0.1, 0.15) is 68.7 Å². The highest BCUT2D eigenvalue weighted by Gasteiger charge is 2.53. The van der Waals surface area contributed by atoms with Gasteiger partial charge in [-0.3, -0.25) is 0 Å². The standard InChI is InChI=1S/C26H48O7Si/c1-15(20-17(3)22-23(29-20)33-26(9,10)32-22)13-18(27)21-16(2)19(30-25(7,8)31-21)14-28-34(11,12)24(4,5)6/h15-16,18-23,27H,3,13-14H2,1-2,4-12H3/t15-,16-,18-,19-,20-,21-,22-,23-/m1/s1. The Morgan fingerprint density at radius 3 is 2.21 bits per heavy atom. The number of hydrogen-bond acceptors (Lipinski definition) is 7. The average molecular weight is 501 g/mol. The lowest BCUT2D eigenvalue weighted by Gasteiger charge is -2.48. The Labute approximate surface area is 207 Å². The first-order valence-corrected chi connectivity index (χ1v) is 15.6. The number of fused-ring (bicyclic) bond motifs is 1. The fraction of sp³-hybridized carbons (Fsp3) is 0.923. The van der Waals surface area contributed by atoms with Gasteiger partial charge < -0.3 is 33.2 Å². The Balaban J connectivity index is 1.63. The van der Waals surface area contributed by atoms with Crippen molar-refractivity contribution < 1.29 is 33.2 Å². The van der Waals surface area contributed by atoms with Crippen LogP contribution in [0.4, 0.5) is 0 Å². The van der Waals surface area contributed by atoms with Crippen molar-refractivity contribution in [3.05, 3.63) is 12.2 Å². The molecule has 34 heavy (non-hydrogen) atoms. The van der Waals surface area contributed by atoms with Gasteiger partial charge >= 0.3 is 0 Å². The summed E-state index contributed by atoms with van der Waals surface area (Å²) >= 11 is 0. The largest absolute Gasteiger partial charge is 0.414 e. The zero-order valence-electron chi connectivity index (χ0n) is 23.1. The molecule has 0 amide bonds. The summed E-state index contributed by atoms with van der Waals surface area (Å²) in [4.78, 5) is 0. The lowest BCUT2D eigenvalue weighted by atomic mass is 9.85. The highest BCUT2D eigenvalue weighted by Crippen LogP contribution is 2.43. The van der Waals surface area contributed by atoms with Crippen LogP contribution >= 0.6 is 0 Å². The molecule has 3 heterocycles. The van der Waals surface area contributed by atoms with E-state index in [0.717, 1.165) is 5.57 Å². The normalized spacial score (nSPS) is 37.5. The minimum atomic E-state index is -1.92. The minimum Gasteiger partial charge on any atom is -0.414 e. The van der Waals surface area contributed by atoms with Crippen molar-refractivity contribution >= 4 is 8.32 Å². The molecule has 0 saturated carbocycles. The van der Waals surface area contributed by atoms with E-state index in [0.29, 0.717) is 13.0 Å². The van der Waals surface area contributed by atoms with E-state index >= 15 is 0 Å². The second-order valence-corrected chi connectivity index (χ2v) is 17.7. The Bertz CT molecular complexity index is 744. The number of hydrogen-bond donors (Lipinski definition) is 1. The van der Waals surface area contributed by atoms with Crippen molar-refractivity contribution in [2.45, 2.75) is 135 Å². The molecule has 3 fully saturated rings. The van der Waals surface area contributed by atoms with Crippen LogP contribution in [-0.4, -0.2) is 68.4 Å². The van der Waals surface area contributed by atoms with E-state index in [-0.39, 0.29) is 41.3 Å². The van der Waals surface area contributed by atoms with Crippen molar-refractivity contribution in [3.8, 4) is 0 Å². The van der Waals surface area contributed by atoms with Gasteiger partial charge in [0.05, 0.1) is 31.0 Å². The van der Waals surface area contributed by atoms with Gasteiger partial charge in [-0.15, -0.1) is 0 Å². The predicted molar refractivity (Wildman–Crippen MR) is 134 cm³/mol. The summed E-state index contributed by atoms with van der Waals surface area (Å²) in [5, 5.41) is 11.4. The highest BCUT2D eigenvalue weighted by atomic mass is 28.4. The molecule has 8 heteroatoms. The first-order valence-electron chi connectivity index (χ1n) is 12.7. The van der Waals surface area contributed by atoms with Crippen molar-refractivity contribution in [3.63, 3.8) is 0 Å². The molecule has 0 radical (unpaired) electrons. The van der Waals surface area contributed by atoms with Gasteiger partial charge in [0.15, 0.2) is 26.2 Å². The molecular formula is C26H48O7Si. The van der Waals surface area contributed by atoms with E-state index < -0.39 is 32.3 Å². The zero-order chi connectivity index (χ0) is 25.9. The van der Waals surface area contributed by atoms with E-state index in [1.54, 1.807) is 0 Å². The topological polar surface area (TPSA) is 75.6 Å². The molecule has 0 aliphatic carbocycles. The lowest BCUT2D eigenvalue weighted by Crippen LogP contribution is -2.56. The van der Waals surface area contributed by atoms with Crippen LogP contribution in [0.15, 0.2) is 12.2 Å². The van der Waals surface area contributed by atoms with Crippen LogP contribution in [0.3, 0.4) is 0 Å². The van der Waals surface area contributed by atoms with E-state index in [2.05, 4.69) is 54.3 Å². The summed E-state index contributed by atoms with van der Waals surface area (Å²) in [6.45, 7) is 27.6. The van der Waals surface area contributed by atoms with Crippen LogP contribution in [-0.2, 0) is 28.1 Å².